The fourth-order valence-corrected chi connectivity index (χ4v) is 1.71. The van der Waals surface area contributed by atoms with Gasteiger partial charge in [-0.3, -0.25) is 0 Å². The van der Waals surface area contributed by atoms with Gasteiger partial charge >= 0.3 is 0 Å². The molecular weight excluding hydrogens is 226 g/mol. The standard InChI is InChI=1S/C14H25N3O/c1-5-8-18-13-9-11(4)16-14(17-13)15-10-12(6-2)7-3/h9,12H,5-8,10H2,1-4H3,(H,15,16,17). The molecule has 1 N–H and O–H groups in total. The van der Waals surface area contributed by atoms with Gasteiger partial charge < -0.3 is 10.1 Å². The zero-order chi connectivity index (χ0) is 13.4. The maximum absolute atomic E-state index is 5.55. The number of hydrogen-bond donors (Lipinski definition) is 1. The molecule has 0 saturated carbocycles. The van der Waals surface area contributed by atoms with E-state index in [0.717, 1.165) is 18.7 Å². The van der Waals surface area contributed by atoms with Crippen LogP contribution in [-0.4, -0.2) is 23.1 Å². The van der Waals surface area contributed by atoms with Crippen molar-refractivity contribution in [1.82, 2.24) is 9.97 Å². The van der Waals surface area contributed by atoms with Crippen molar-refractivity contribution in [2.75, 3.05) is 18.5 Å². The van der Waals surface area contributed by atoms with E-state index < -0.39 is 0 Å². The highest BCUT2D eigenvalue weighted by atomic mass is 16.5. The highest BCUT2D eigenvalue weighted by Gasteiger charge is 2.06. The number of aromatic nitrogens is 2. The van der Waals surface area contributed by atoms with Gasteiger partial charge in [-0.25, -0.2) is 4.98 Å². The molecule has 0 aromatic carbocycles. The Morgan fingerprint density at radius 3 is 2.56 bits per heavy atom. The van der Waals surface area contributed by atoms with Gasteiger partial charge in [0, 0.05) is 18.3 Å². The largest absolute Gasteiger partial charge is 0.478 e. The smallest absolute Gasteiger partial charge is 0.226 e. The Bertz CT molecular complexity index is 351. The maximum Gasteiger partial charge on any atom is 0.226 e. The average molecular weight is 251 g/mol. The summed E-state index contributed by atoms with van der Waals surface area (Å²) in [5.41, 5.74) is 0.933. The minimum absolute atomic E-state index is 0.663. The lowest BCUT2D eigenvalue weighted by Gasteiger charge is -2.14. The molecule has 0 saturated heterocycles. The number of nitrogens with zero attached hydrogens (tertiary/aromatic N) is 2. The van der Waals surface area contributed by atoms with Gasteiger partial charge in [0.15, 0.2) is 0 Å². The van der Waals surface area contributed by atoms with Crippen molar-refractivity contribution in [3.05, 3.63) is 11.8 Å². The van der Waals surface area contributed by atoms with Crippen LogP contribution in [0.5, 0.6) is 5.88 Å². The second kappa shape index (κ2) is 7.90. The zero-order valence-electron chi connectivity index (χ0n) is 12.0. The molecule has 0 radical (unpaired) electrons. The van der Waals surface area contributed by atoms with E-state index in [1.165, 1.54) is 12.8 Å². The predicted octanol–water partition coefficient (Wildman–Crippen LogP) is 3.42. The predicted molar refractivity (Wildman–Crippen MR) is 75.1 cm³/mol. The summed E-state index contributed by atoms with van der Waals surface area (Å²) < 4.78 is 5.55. The van der Waals surface area contributed by atoms with E-state index in [9.17, 15) is 0 Å². The van der Waals surface area contributed by atoms with Gasteiger partial charge in [-0.1, -0.05) is 33.6 Å². The van der Waals surface area contributed by atoms with Crippen molar-refractivity contribution in [2.24, 2.45) is 5.92 Å². The van der Waals surface area contributed by atoms with Crippen molar-refractivity contribution in [3.63, 3.8) is 0 Å². The molecule has 18 heavy (non-hydrogen) atoms. The lowest BCUT2D eigenvalue weighted by atomic mass is 10.0. The van der Waals surface area contributed by atoms with Gasteiger partial charge in [0.1, 0.15) is 0 Å². The molecule has 1 aromatic heterocycles. The quantitative estimate of drug-likeness (QED) is 0.769. The van der Waals surface area contributed by atoms with Gasteiger partial charge in [0.2, 0.25) is 11.8 Å². The summed E-state index contributed by atoms with van der Waals surface area (Å²) in [4.78, 5) is 8.75. The fraction of sp³-hybridized carbons (Fsp3) is 0.714. The Balaban J connectivity index is 2.61. The van der Waals surface area contributed by atoms with E-state index in [4.69, 9.17) is 4.74 Å². The van der Waals surface area contributed by atoms with E-state index in [0.29, 0.717) is 24.4 Å². The lowest BCUT2D eigenvalue weighted by Crippen LogP contribution is -2.15. The minimum atomic E-state index is 0.663. The van der Waals surface area contributed by atoms with Crippen LogP contribution in [-0.2, 0) is 0 Å². The van der Waals surface area contributed by atoms with Crippen LogP contribution in [0.3, 0.4) is 0 Å². The third-order valence-electron chi connectivity index (χ3n) is 2.99. The highest BCUT2D eigenvalue weighted by Crippen LogP contribution is 2.14. The first-order valence-electron chi connectivity index (χ1n) is 6.91. The van der Waals surface area contributed by atoms with Gasteiger partial charge in [-0.15, -0.1) is 0 Å². The van der Waals surface area contributed by atoms with E-state index in [-0.39, 0.29) is 0 Å². The molecule has 4 heteroatoms. The molecule has 0 unspecified atom stereocenters. The molecule has 0 atom stereocenters. The molecule has 0 amide bonds. The van der Waals surface area contributed by atoms with Crippen LogP contribution in [0.4, 0.5) is 5.95 Å². The van der Waals surface area contributed by atoms with Gasteiger partial charge in [0.05, 0.1) is 6.61 Å². The number of hydrogen-bond acceptors (Lipinski definition) is 4. The molecule has 1 heterocycles. The summed E-state index contributed by atoms with van der Waals surface area (Å²) in [6.45, 7) is 10.1. The van der Waals surface area contributed by atoms with E-state index >= 15 is 0 Å². The van der Waals surface area contributed by atoms with E-state index in [1.807, 2.05) is 13.0 Å². The number of rotatable bonds is 8. The second-order valence-electron chi connectivity index (χ2n) is 4.58. The molecule has 0 bridgehead atoms. The van der Waals surface area contributed by atoms with Crippen LogP contribution < -0.4 is 10.1 Å². The topological polar surface area (TPSA) is 47.0 Å². The van der Waals surface area contributed by atoms with Gasteiger partial charge in [-0.05, 0) is 19.3 Å². The molecule has 4 nitrogen and oxygen atoms in total. The number of anilines is 1. The normalized spacial score (nSPS) is 10.7. The summed E-state index contributed by atoms with van der Waals surface area (Å²) in [5, 5.41) is 3.30. The summed E-state index contributed by atoms with van der Waals surface area (Å²) in [6.07, 6.45) is 3.34. The summed E-state index contributed by atoms with van der Waals surface area (Å²) in [6, 6.07) is 1.87. The average Bonchev–Trinajstić information content (AvgIpc) is 2.37. The lowest BCUT2D eigenvalue weighted by molar-refractivity contribution is 0.305. The van der Waals surface area contributed by atoms with Crippen LogP contribution >= 0.6 is 0 Å². The summed E-state index contributed by atoms with van der Waals surface area (Å²) in [7, 11) is 0. The highest BCUT2D eigenvalue weighted by molar-refractivity contribution is 5.30. The van der Waals surface area contributed by atoms with Crippen molar-refractivity contribution >= 4 is 5.95 Å². The van der Waals surface area contributed by atoms with Crippen molar-refractivity contribution in [3.8, 4) is 5.88 Å². The Morgan fingerprint density at radius 1 is 1.22 bits per heavy atom. The van der Waals surface area contributed by atoms with Gasteiger partial charge in [0.25, 0.3) is 0 Å². The summed E-state index contributed by atoms with van der Waals surface area (Å²) in [5.74, 6) is 2.01. The monoisotopic (exact) mass is 251 g/mol. The first-order valence-corrected chi connectivity index (χ1v) is 6.91. The van der Waals surface area contributed by atoms with Crippen molar-refractivity contribution in [1.29, 1.82) is 0 Å². The minimum Gasteiger partial charge on any atom is -0.478 e. The van der Waals surface area contributed by atoms with Crippen LogP contribution in [0.2, 0.25) is 0 Å². The maximum atomic E-state index is 5.55. The van der Waals surface area contributed by atoms with Crippen LogP contribution in [0.1, 0.15) is 45.7 Å². The van der Waals surface area contributed by atoms with Crippen LogP contribution in [0.15, 0.2) is 6.07 Å². The molecule has 0 aliphatic carbocycles. The Morgan fingerprint density at radius 2 is 1.94 bits per heavy atom. The first kappa shape index (κ1) is 14.7. The molecule has 0 fully saturated rings. The number of ether oxygens (including phenoxy) is 1. The third-order valence-corrected chi connectivity index (χ3v) is 2.99. The Hall–Kier alpha value is -1.32. The first-order chi connectivity index (χ1) is 8.69. The van der Waals surface area contributed by atoms with Crippen molar-refractivity contribution in [2.45, 2.75) is 47.0 Å². The zero-order valence-corrected chi connectivity index (χ0v) is 12.0. The molecule has 1 rings (SSSR count). The summed E-state index contributed by atoms with van der Waals surface area (Å²) >= 11 is 0. The third kappa shape index (κ3) is 4.90. The SMILES string of the molecule is CCCOc1cc(C)nc(NCC(CC)CC)n1. The van der Waals surface area contributed by atoms with E-state index in [2.05, 4.69) is 36.1 Å². The molecule has 0 spiro atoms. The molecule has 102 valence electrons. The molecule has 0 aliphatic rings. The van der Waals surface area contributed by atoms with Crippen LogP contribution in [0, 0.1) is 12.8 Å². The second-order valence-corrected chi connectivity index (χ2v) is 4.58. The van der Waals surface area contributed by atoms with Crippen LogP contribution in [0.25, 0.3) is 0 Å². The number of aryl methyl sites for hydroxylation is 1. The molecular formula is C14H25N3O. The Kier molecular flexibility index (Phi) is 6.47. The molecule has 0 aliphatic heterocycles. The number of nitrogens with one attached hydrogen (secondary N) is 1. The molecule has 1 aromatic rings. The van der Waals surface area contributed by atoms with E-state index in [1.54, 1.807) is 0 Å². The fourth-order valence-electron chi connectivity index (χ4n) is 1.71. The Labute approximate surface area is 110 Å². The van der Waals surface area contributed by atoms with Gasteiger partial charge in [-0.2, -0.15) is 4.98 Å². The van der Waals surface area contributed by atoms with Crippen molar-refractivity contribution < 1.29 is 4.74 Å².